The summed E-state index contributed by atoms with van der Waals surface area (Å²) in [5.74, 6) is 0. The number of pyridine rings is 1. The maximum atomic E-state index is 5.61. The second kappa shape index (κ2) is 2.40. The van der Waals surface area contributed by atoms with Gasteiger partial charge < -0.3 is 4.42 Å². The van der Waals surface area contributed by atoms with Gasteiger partial charge in [-0.3, -0.25) is 0 Å². The van der Waals surface area contributed by atoms with Gasteiger partial charge in [0.1, 0.15) is 5.15 Å². The number of nitrogens with zero attached hydrogens (tertiary/aromatic N) is 1. The van der Waals surface area contributed by atoms with Crippen molar-refractivity contribution >= 4 is 34.3 Å². The summed E-state index contributed by atoms with van der Waals surface area (Å²) >= 11 is 11.2. The van der Waals surface area contributed by atoms with Crippen molar-refractivity contribution in [1.29, 1.82) is 0 Å². The van der Waals surface area contributed by atoms with Crippen LogP contribution in [-0.2, 0) is 0 Å². The van der Waals surface area contributed by atoms with Crippen LogP contribution in [0, 0.1) is 0 Å². The summed E-state index contributed by atoms with van der Waals surface area (Å²) in [6.45, 7) is 0. The molecule has 0 aromatic carbocycles. The Bertz CT molecular complexity index is 396. The highest BCUT2D eigenvalue weighted by Gasteiger charge is 2.01. The van der Waals surface area contributed by atoms with E-state index in [4.69, 9.17) is 27.6 Å². The Kier molecular flexibility index (Phi) is 1.51. The first-order valence-corrected chi connectivity index (χ1v) is 3.73. The molecular formula is C7H3Cl2NO. The molecule has 11 heavy (non-hydrogen) atoms. The number of hydrogen-bond donors (Lipinski definition) is 0. The van der Waals surface area contributed by atoms with Crippen molar-refractivity contribution in [3.05, 3.63) is 28.6 Å². The van der Waals surface area contributed by atoms with E-state index in [1.165, 1.54) is 0 Å². The Hall–Kier alpha value is -0.730. The van der Waals surface area contributed by atoms with Gasteiger partial charge in [0.15, 0.2) is 5.22 Å². The highest BCUT2D eigenvalue weighted by Crippen LogP contribution is 2.22. The van der Waals surface area contributed by atoms with Crippen LogP contribution < -0.4 is 0 Å². The minimum Gasteiger partial charge on any atom is -0.426 e. The molecule has 0 aliphatic heterocycles. The highest BCUT2D eigenvalue weighted by atomic mass is 35.5. The first-order chi connectivity index (χ1) is 5.25. The van der Waals surface area contributed by atoms with Gasteiger partial charge in [-0.25, -0.2) is 4.98 Å². The van der Waals surface area contributed by atoms with E-state index in [2.05, 4.69) is 4.98 Å². The molecule has 0 saturated carbocycles. The van der Waals surface area contributed by atoms with Gasteiger partial charge in [0.25, 0.3) is 0 Å². The Morgan fingerprint density at radius 2 is 2.09 bits per heavy atom. The predicted molar refractivity (Wildman–Crippen MR) is 44.0 cm³/mol. The van der Waals surface area contributed by atoms with Crippen LogP contribution in [0.4, 0.5) is 0 Å². The molecule has 0 fully saturated rings. The molecule has 0 spiro atoms. The van der Waals surface area contributed by atoms with E-state index in [1.807, 2.05) is 0 Å². The van der Waals surface area contributed by atoms with Crippen LogP contribution >= 0.6 is 23.2 Å². The maximum absolute atomic E-state index is 5.61. The van der Waals surface area contributed by atoms with Gasteiger partial charge >= 0.3 is 0 Å². The number of aromatic nitrogens is 1. The molecule has 2 aromatic heterocycles. The zero-order chi connectivity index (χ0) is 7.84. The number of rotatable bonds is 0. The fourth-order valence-corrected chi connectivity index (χ4v) is 1.19. The van der Waals surface area contributed by atoms with Gasteiger partial charge in [-0.15, -0.1) is 0 Å². The monoisotopic (exact) mass is 187 g/mol. The minimum absolute atomic E-state index is 0.328. The molecule has 0 unspecified atom stereocenters. The highest BCUT2D eigenvalue weighted by molar-refractivity contribution is 6.30. The third-order valence-electron chi connectivity index (χ3n) is 1.32. The van der Waals surface area contributed by atoms with Crippen molar-refractivity contribution in [2.75, 3.05) is 0 Å². The van der Waals surface area contributed by atoms with E-state index < -0.39 is 0 Å². The Morgan fingerprint density at radius 3 is 2.91 bits per heavy atom. The molecular weight excluding hydrogens is 185 g/mol. The SMILES string of the molecule is Clc1ccc2cc(Cl)oc2n1. The van der Waals surface area contributed by atoms with Crippen LogP contribution in [0.3, 0.4) is 0 Å². The largest absolute Gasteiger partial charge is 0.426 e. The van der Waals surface area contributed by atoms with E-state index in [0.717, 1.165) is 5.39 Å². The normalized spacial score (nSPS) is 10.7. The number of halogens is 2. The smallest absolute Gasteiger partial charge is 0.229 e. The topological polar surface area (TPSA) is 26.0 Å². The Balaban J connectivity index is 2.82. The first kappa shape index (κ1) is 6.95. The van der Waals surface area contributed by atoms with Crippen molar-refractivity contribution in [3.63, 3.8) is 0 Å². The lowest BCUT2D eigenvalue weighted by Gasteiger charge is -1.86. The van der Waals surface area contributed by atoms with E-state index in [0.29, 0.717) is 16.1 Å². The predicted octanol–water partition coefficient (Wildman–Crippen LogP) is 3.13. The van der Waals surface area contributed by atoms with Crippen molar-refractivity contribution in [2.45, 2.75) is 0 Å². The standard InChI is InChI=1S/C7H3Cl2NO/c8-5-2-1-4-3-6(9)11-7(4)10-5/h1-3H. The van der Waals surface area contributed by atoms with Gasteiger partial charge in [0, 0.05) is 11.5 Å². The second-order valence-corrected chi connectivity index (χ2v) is 2.84. The summed E-state index contributed by atoms with van der Waals surface area (Å²) in [5, 5.41) is 1.60. The van der Waals surface area contributed by atoms with E-state index in [1.54, 1.807) is 18.2 Å². The lowest BCUT2D eigenvalue weighted by molar-refractivity contribution is 0.605. The summed E-state index contributed by atoms with van der Waals surface area (Å²) in [5.41, 5.74) is 0.475. The summed E-state index contributed by atoms with van der Waals surface area (Å²) in [7, 11) is 0. The molecule has 0 aliphatic rings. The zero-order valence-corrected chi connectivity index (χ0v) is 6.86. The fraction of sp³-hybridized carbons (Fsp3) is 0. The summed E-state index contributed by atoms with van der Waals surface area (Å²) < 4.78 is 5.02. The lowest BCUT2D eigenvalue weighted by atomic mass is 10.3. The molecule has 2 aromatic rings. The second-order valence-electron chi connectivity index (χ2n) is 2.08. The van der Waals surface area contributed by atoms with E-state index in [-0.39, 0.29) is 0 Å². The fourth-order valence-electron chi connectivity index (χ4n) is 0.864. The molecule has 0 radical (unpaired) electrons. The van der Waals surface area contributed by atoms with Crippen molar-refractivity contribution < 1.29 is 4.42 Å². The number of hydrogen-bond acceptors (Lipinski definition) is 2. The maximum Gasteiger partial charge on any atom is 0.229 e. The molecule has 0 amide bonds. The molecule has 0 aliphatic carbocycles. The van der Waals surface area contributed by atoms with Crippen LogP contribution in [0.1, 0.15) is 0 Å². The molecule has 2 heterocycles. The molecule has 4 heteroatoms. The lowest BCUT2D eigenvalue weighted by Crippen LogP contribution is -1.71. The summed E-state index contributed by atoms with van der Waals surface area (Å²) in [6, 6.07) is 5.19. The zero-order valence-electron chi connectivity index (χ0n) is 5.34. The van der Waals surface area contributed by atoms with Crippen LogP contribution in [0.15, 0.2) is 22.6 Å². The molecule has 0 saturated heterocycles. The van der Waals surface area contributed by atoms with Crippen LogP contribution in [0.5, 0.6) is 0 Å². The summed E-state index contributed by atoms with van der Waals surface area (Å²) in [6.07, 6.45) is 0. The third kappa shape index (κ3) is 1.19. The van der Waals surface area contributed by atoms with Crippen LogP contribution in [0.25, 0.3) is 11.1 Å². The van der Waals surface area contributed by atoms with Crippen molar-refractivity contribution in [3.8, 4) is 0 Å². The molecule has 0 N–H and O–H groups in total. The van der Waals surface area contributed by atoms with E-state index in [9.17, 15) is 0 Å². The van der Waals surface area contributed by atoms with Gasteiger partial charge in [-0.1, -0.05) is 11.6 Å². The van der Waals surface area contributed by atoms with Gasteiger partial charge in [-0.05, 0) is 23.7 Å². The molecule has 2 nitrogen and oxygen atoms in total. The van der Waals surface area contributed by atoms with Crippen LogP contribution in [-0.4, -0.2) is 4.98 Å². The summed E-state index contributed by atoms with van der Waals surface area (Å²) in [4.78, 5) is 3.91. The molecule has 56 valence electrons. The molecule has 2 rings (SSSR count). The van der Waals surface area contributed by atoms with E-state index >= 15 is 0 Å². The molecule has 0 atom stereocenters. The quantitative estimate of drug-likeness (QED) is 0.593. The van der Waals surface area contributed by atoms with Gasteiger partial charge in [0.2, 0.25) is 5.71 Å². The van der Waals surface area contributed by atoms with Crippen molar-refractivity contribution in [1.82, 2.24) is 4.98 Å². The van der Waals surface area contributed by atoms with Gasteiger partial charge in [0.05, 0.1) is 0 Å². The first-order valence-electron chi connectivity index (χ1n) is 2.97. The molecule has 0 bridgehead atoms. The number of fused-ring (bicyclic) bond motifs is 1. The minimum atomic E-state index is 0.328. The number of furan rings is 1. The third-order valence-corrected chi connectivity index (χ3v) is 1.72. The van der Waals surface area contributed by atoms with Crippen LogP contribution in [0.2, 0.25) is 10.4 Å². The van der Waals surface area contributed by atoms with Crippen molar-refractivity contribution in [2.24, 2.45) is 0 Å². The average molecular weight is 188 g/mol. The average Bonchev–Trinajstić information content (AvgIpc) is 2.27. The Morgan fingerprint density at radius 1 is 1.27 bits per heavy atom. The van der Waals surface area contributed by atoms with Gasteiger partial charge in [-0.2, -0.15) is 0 Å². The Labute approximate surface area is 72.7 Å².